The topological polar surface area (TPSA) is 47.9 Å². The second kappa shape index (κ2) is 12.9. The maximum Gasteiger partial charge on any atom is 0.235 e. The molecule has 0 radical (unpaired) electrons. The van der Waals surface area contributed by atoms with Crippen molar-refractivity contribution in [3.8, 4) is 5.75 Å². The van der Waals surface area contributed by atoms with Gasteiger partial charge in [0.05, 0.1) is 5.71 Å². The second-order valence-corrected chi connectivity index (χ2v) is 12.5. The largest absolute Gasteiger partial charge is 0.461 e. The normalized spacial score (nSPS) is 25.1. The number of aryl methyl sites for hydroxylation is 1. The summed E-state index contributed by atoms with van der Waals surface area (Å²) < 4.78 is 23.9. The second-order valence-electron chi connectivity index (χ2n) is 12.5. The van der Waals surface area contributed by atoms with Crippen molar-refractivity contribution in [2.75, 3.05) is 13.2 Å². The number of allylic oxidation sites excluding steroid dienone is 5. The predicted molar refractivity (Wildman–Crippen MR) is 167 cm³/mol. The average Bonchev–Trinajstić information content (AvgIpc) is 3.01. The molecule has 2 heterocycles. The molecule has 2 aromatic carbocycles. The Morgan fingerprint density at radius 3 is 2.48 bits per heavy atom. The molecule has 1 saturated carbocycles. The van der Waals surface area contributed by atoms with Crippen LogP contribution in [0.5, 0.6) is 5.75 Å². The standard InChI is InChI=1S/C37H42FNO3/c1-24-20-26(6-15-35(24)37(40)30-9-7-27(8-10-30)29-16-18-41-19-17-29)21-31-4-3-5-32-22-33(23-39-36(31)32)28-11-13-34(14-12-28)42-25(2)38/h3-6,11-15,20,23,25,27,29-30,32H,7-10,16-19,21-22H2,1-2H3. The van der Waals surface area contributed by atoms with Crippen LogP contribution in [0, 0.1) is 30.6 Å². The molecule has 2 fully saturated rings. The number of carbonyl (C=O) groups is 1. The zero-order valence-electron chi connectivity index (χ0n) is 24.9. The van der Waals surface area contributed by atoms with Crippen molar-refractivity contribution in [1.29, 1.82) is 0 Å². The van der Waals surface area contributed by atoms with Gasteiger partial charge in [-0.15, -0.1) is 0 Å². The number of aliphatic imine (C=N–C) groups is 1. The number of benzene rings is 2. The van der Waals surface area contributed by atoms with Crippen LogP contribution in [0.15, 0.2) is 77.5 Å². The quantitative estimate of drug-likeness (QED) is 0.300. The van der Waals surface area contributed by atoms with Crippen molar-refractivity contribution in [1.82, 2.24) is 0 Å². The van der Waals surface area contributed by atoms with Gasteiger partial charge in [-0.05, 0) is 110 Å². The van der Waals surface area contributed by atoms with E-state index in [1.165, 1.54) is 43.7 Å². The van der Waals surface area contributed by atoms with E-state index in [0.717, 1.165) is 78.7 Å². The molecule has 0 amide bonds. The van der Waals surface area contributed by atoms with Crippen LogP contribution in [0.1, 0.15) is 78.9 Å². The molecule has 0 spiro atoms. The third-order valence-corrected chi connectivity index (χ3v) is 9.67. The van der Waals surface area contributed by atoms with E-state index in [9.17, 15) is 9.18 Å². The minimum absolute atomic E-state index is 0.158. The maximum atomic E-state index is 13.5. The van der Waals surface area contributed by atoms with Crippen molar-refractivity contribution >= 4 is 17.1 Å². The number of carbonyl (C=O) groups excluding carboxylic acids is 1. The van der Waals surface area contributed by atoms with E-state index in [-0.39, 0.29) is 11.8 Å². The molecular weight excluding hydrogens is 525 g/mol. The van der Waals surface area contributed by atoms with Gasteiger partial charge in [0.25, 0.3) is 0 Å². The fourth-order valence-corrected chi connectivity index (χ4v) is 7.37. The molecule has 220 valence electrons. The third kappa shape index (κ3) is 6.52. The molecular formula is C37H42FNO3. The molecule has 6 rings (SSSR count). The third-order valence-electron chi connectivity index (χ3n) is 9.67. The molecule has 42 heavy (non-hydrogen) atoms. The zero-order chi connectivity index (χ0) is 29.1. The minimum Gasteiger partial charge on any atom is -0.461 e. The summed E-state index contributed by atoms with van der Waals surface area (Å²) in [5, 5.41) is 0. The van der Waals surface area contributed by atoms with Crippen molar-refractivity contribution in [2.24, 2.45) is 28.7 Å². The molecule has 1 saturated heterocycles. The van der Waals surface area contributed by atoms with Crippen LogP contribution in [0.3, 0.4) is 0 Å². The van der Waals surface area contributed by atoms with Gasteiger partial charge in [-0.2, -0.15) is 0 Å². The van der Waals surface area contributed by atoms with E-state index in [0.29, 0.717) is 11.5 Å². The summed E-state index contributed by atoms with van der Waals surface area (Å²) in [6.07, 6.45) is 15.6. The monoisotopic (exact) mass is 567 g/mol. The number of halogens is 1. The molecule has 0 bridgehead atoms. The van der Waals surface area contributed by atoms with Gasteiger partial charge < -0.3 is 9.47 Å². The van der Waals surface area contributed by atoms with Crippen LogP contribution < -0.4 is 4.74 Å². The van der Waals surface area contributed by atoms with Crippen LogP contribution in [-0.4, -0.2) is 31.1 Å². The molecule has 4 aliphatic rings. The molecule has 2 aromatic rings. The number of nitrogens with zero attached hydrogens (tertiary/aromatic N) is 1. The minimum atomic E-state index is -1.33. The van der Waals surface area contributed by atoms with Crippen LogP contribution in [0.4, 0.5) is 4.39 Å². The van der Waals surface area contributed by atoms with E-state index < -0.39 is 6.36 Å². The van der Waals surface area contributed by atoms with Crippen molar-refractivity contribution in [3.05, 3.63) is 94.7 Å². The highest BCUT2D eigenvalue weighted by atomic mass is 19.1. The van der Waals surface area contributed by atoms with Gasteiger partial charge in [-0.25, -0.2) is 4.39 Å². The molecule has 0 aromatic heterocycles. The predicted octanol–water partition coefficient (Wildman–Crippen LogP) is 8.65. The van der Waals surface area contributed by atoms with Gasteiger partial charge in [0.1, 0.15) is 5.75 Å². The van der Waals surface area contributed by atoms with E-state index in [1.54, 1.807) is 0 Å². The Bertz CT molecular complexity index is 1400. The molecule has 2 atom stereocenters. The first-order chi connectivity index (χ1) is 20.4. The molecule has 5 heteroatoms. The van der Waals surface area contributed by atoms with Crippen LogP contribution in [-0.2, 0) is 11.2 Å². The lowest BCUT2D eigenvalue weighted by Crippen LogP contribution is -2.29. The van der Waals surface area contributed by atoms with Gasteiger partial charge in [0, 0.05) is 43.7 Å². The SMILES string of the molecule is Cc1cc(CC2=CC=CC3CC(c4ccc(OC(C)F)cc4)=CN=C23)ccc1C(=O)C1CCC(C2CCOCC2)CC1. The summed E-state index contributed by atoms with van der Waals surface area (Å²) >= 11 is 0. The summed E-state index contributed by atoms with van der Waals surface area (Å²) in [5.41, 5.74) is 7.76. The number of hydrogen-bond donors (Lipinski definition) is 0. The average molecular weight is 568 g/mol. The molecule has 2 unspecified atom stereocenters. The number of ketones is 1. The Balaban J connectivity index is 1.09. The molecule has 2 aliphatic heterocycles. The van der Waals surface area contributed by atoms with E-state index >= 15 is 0 Å². The highest BCUT2D eigenvalue weighted by molar-refractivity contribution is 6.07. The number of ether oxygens (including phenoxy) is 2. The Kier molecular flexibility index (Phi) is 8.85. The first-order valence-electron chi connectivity index (χ1n) is 15.7. The van der Waals surface area contributed by atoms with Gasteiger partial charge in [0.2, 0.25) is 6.36 Å². The fraction of sp³-hybridized carbons (Fsp3) is 0.459. The number of Topliss-reactive ketones (excluding diaryl/α,β-unsaturated/α-hetero) is 1. The number of fused-ring (bicyclic) bond motifs is 1. The zero-order valence-corrected chi connectivity index (χ0v) is 24.9. The van der Waals surface area contributed by atoms with Gasteiger partial charge in [0.15, 0.2) is 5.78 Å². The molecule has 0 N–H and O–H groups in total. The first kappa shape index (κ1) is 28.8. The summed E-state index contributed by atoms with van der Waals surface area (Å²) in [4.78, 5) is 18.4. The van der Waals surface area contributed by atoms with Crippen molar-refractivity contribution in [2.45, 2.75) is 71.6 Å². The Morgan fingerprint density at radius 1 is 1.02 bits per heavy atom. The van der Waals surface area contributed by atoms with E-state index in [2.05, 4.69) is 43.4 Å². The number of hydrogen-bond acceptors (Lipinski definition) is 4. The highest BCUT2D eigenvalue weighted by Crippen LogP contribution is 2.39. The lowest BCUT2D eigenvalue weighted by atomic mass is 9.71. The molecule has 4 nitrogen and oxygen atoms in total. The maximum absolute atomic E-state index is 13.5. The number of rotatable bonds is 8. The smallest absolute Gasteiger partial charge is 0.235 e. The van der Waals surface area contributed by atoms with E-state index in [4.69, 9.17) is 14.5 Å². The van der Waals surface area contributed by atoms with Crippen molar-refractivity contribution in [3.63, 3.8) is 0 Å². The Labute approximate surface area is 249 Å². The summed E-state index contributed by atoms with van der Waals surface area (Å²) in [7, 11) is 0. The van der Waals surface area contributed by atoms with Crippen LogP contribution in [0.25, 0.3) is 5.57 Å². The Morgan fingerprint density at radius 2 is 1.76 bits per heavy atom. The lowest BCUT2D eigenvalue weighted by molar-refractivity contribution is 0.0348. The van der Waals surface area contributed by atoms with Crippen molar-refractivity contribution < 1.29 is 18.7 Å². The summed E-state index contributed by atoms with van der Waals surface area (Å²) in [6.45, 7) is 5.27. The highest BCUT2D eigenvalue weighted by Gasteiger charge is 2.32. The Hall–Kier alpha value is -3.31. The fourth-order valence-electron chi connectivity index (χ4n) is 7.37. The summed E-state index contributed by atoms with van der Waals surface area (Å²) in [6, 6.07) is 13.9. The first-order valence-corrected chi connectivity index (χ1v) is 15.7. The van der Waals surface area contributed by atoms with E-state index in [1.807, 2.05) is 30.5 Å². The number of alkyl halides is 1. The van der Waals surface area contributed by atoms with Crippen LogP contribution in [0.2, 0.25) is 0 Å². The summed E-state index contributed by atoms with van der Waals surface area (Å²) in [5.74, 6) is 2.80. The van der Waals surface area contributed by atoms with Crippen LogP contribution >= 0.6 is 0 Å². The van der Waals surface area contributed by atoms with Gasteiger partial charge >= 0.3 is 0 Å². The van der Waals surface area contributed by atoms with Gasteiger partial charge in [-0.1, -0.05) is 48.6 Å². The lowest BCUT2D eigenvalue weighted by Gasteiger charge is -2.35. The van der Waals surface area contributed by atoms with Gasteiger partial charge in [-0.3, -0.25) is 9.79 Å². The molecule has 2 aliphatic carbocycles.